The van der Waals surface area contributed by atoms with Crippen LogP contribution >= 0.6 is 0 Å². The van der Waals surface area contributed by atoms with Crippen LogP contribution in [0.15, 0.2) is 82.2 Å². The molecule has 3 nitrogen and oxygen atoms in total. The fourth-order valence-corrected chi connectivity index (χ4v) is 3.95. The van der Waals surface area contributed by atoms with Gasteiger partial charge in [0.2, 0.25) is 5.91 Å². The molecule has 0 aromatic heterocycles. The molecule has 0 saturated carbocycles. The molecule has 30 heavy (non-hydrogen) atoms. The zero-order valence-corrected chi connectivity index (χ0v) is 19.0. The molecule has 0 fully saturated rings. The maximum Gasteiger partial charge on any atom is 0.248 e. The van der Waals surface area contributed by atoms with E-state index >= 15 is 0 Å². The second-order valence-corrected chi connectivity index (χ2v) is 8.86. The summed E-state index contributed by atoms with van der Waals surface area (Å²) in [5.41, 5.74) is 6.46. The van der Waals surface area contributed by atoms with Crippen molar-refractivity contribution in [2.75, 3.05) is 0 Å². The van der Waals surface area contributed by atoms with Gasteiger partial charge in [-0.25, -0.2) is 0 Å². The topological polar surface area (TPSA) is 52.9 Å². The second kappa shape index (κ2) is 10.8. The molecule has 2 aliphatic carbocycles. The summed E-state index contributed by atoms with van der Waals surface area (Å²) >= 11 is 0. The Labute approximate surface area is 181 Å². The lowest BCUT2D eigenvalue weighted by atomic mass is 9.72. The third-order valence-corrected chi connectivity index (χ3v) is 5.70. The Bertz CT molecular complexity index is 924. The first kappa shape index (κ1) is 23.4. The normalized spacial score (nSPS) is 20.3. The van der Waals surface area contributed by atoms with Crippen molar-refractivity contribution in [2.24, 2.45) is 5.41 Å². The van der Waals surface area contributed by atoms with Crippen molar-refractivity contribution in [3.63, 3.8) is 0 Å². The Hall–Kier alpha value is -2.86. The van der Waals surface area contributed by atoms with Gasteiger partial charge in [0.05, 0.1) is 17.3 Å². The highest BCUT2D eigenvalue weighted by Crippen LogP contribution is 2.40. The van der Waals surface area contributed by atoms with Gasteiger partial charge in [-0.1, -0.05) is 61.4 Å². The van der Waals surface area contributed by atoms with Gasteiger partial charge in [0.1, 0.15) is 0 Å². The average molecular weight is 403 g/mol. The Kier molecular flexibility index (Phi) is 8.42. The van der Waals surface area contributed by atoms with Crippen LogP contribution in [0.3, 0.4) is 0 Å². The molecule has 2 rings (SSSR count). The smallest absolute Gasteiger partial charge is 0.248 e. The van der Waals surface area contributed by atoms with E-state index in [1.54, 1.807) is 6.08 Å². The van der Waals surface area contributed by atoms with Gasteiger partial charge in [-0.2, -0.15) is 5.26 Å². The molecule has 0 spiro atoms. The SMILES string of the molecule is CC1=C(/C=C/C(C)=C/C=C/C(C)=C/C(=O)NC2=C(C#N)CCC=C2)C(C)(C)CCC1. The van der Waals surface area contributed by atoms with Crippen molar-refractivity contribution in [1.29, 1.82) is 5.26 Å². The second-order valence-electron chi connectivity index (χ2n) is 8.86. The van der Waals surface area contributed by atoms with E-state index in [9.17, 15) is 4.79 Å². The molecule has 3 heteroatoms. The molecular weight excluding hydrogens is 368 g/mol. The predicted octanol–water partition coefficient (Wildman–Crippen LogP) is 6.76. The number of hydrogen-bond acceptors (Lipinski definition) is 2. The van der Waals surface area contributed by atoms with Crippen molar-refractivity contribution >= 4 is 5.91 Å². The highest BCUT2D eigenvalue weighted by atomic mass is 16.1. The number of nitrogens with one attached hydrogen (secondary N) is 1. The molecule has 0 atom stereocenters. The van der Waals surface area contributed by atoms with E-state index in [1.165, 1.54) is 36.0 Å². The molecule has 1 N–H and O–H groups in total. The zero-order valence-electron chi connectivity index (χ0n) is 19.0. The number of amides is 1. The Balaban J connectivity index is 1.98. The number of rotatable bonds is 6. The predicted molar refractivity (Wildman–Crippen MR) is 125 cm³/mol. The molecule has 1 amide bonds. The van der Waals surface area contributed by atoms with E-state index in [4.69, 9.17) is 5.26 Å². The highest BCUT2D eigenvalue weighted by molar-refractivity contribution is 5.90. The average Bonchev–Trinajstić information content (AvgIpc) is 2.67. The molecule has 0 aromatic rings. The highest BCUT2D eigenvalue weighted by Gasteiger charge is 2.26. The van der Waals surface area contributed by atoms with Gasteiger partial charge < -0.3 is 5.32 Å². The number of carbonyl (C=O) groups is 1. The van der Waals surface area contributed by atoms with Crippen LogP contribution in [-0.2, 0) is 4.79 Å². The van der Waals surface area contributed by atoms with Gasteiger partial charge >= 0.3 is 0 Å². The summed E-state index contributed by atoms with van der Waals surface area (Å²) in [6.45, 7) is 10.9. The zero-order chi connectivity index (χ0) is 22.1. The molecule has 2 aliphatic rings. The van der Waals surface area contributed by atoms with Crippen LogP contribution in [0.25, 0.3) is 0 Å². The number of carbonyl (C=O) groups excluding carboxylic acids is 1. The monoisotopic (exact) mass is 402 g/mol. The number of allylic oxidation sites excluding steroid dienone is 12. The third kappa shape index (κ3) is 6.88. The van der Waals surface area contributed by atoms with Crippen molar-refractivity contribution in [1.82, 2.24) is 5.32 Å². The summed E-state index contributed by atoms with van der Waals surface area (Å²) in [6, 6.07) is 2.16. The van der Waals surface area contributed by atoms with Crippen LogP contribution in [0.5, 0.6) is 0 Å². The lowest BCUT2D eigenvalue weighted by Gasteiger charge is -2.32. The summed E-state index contributed by atoms with van der Waals surface area (Å²) in [5.74, 6) is -0.214. The van der Waals surface area contributed by atoms with E-state index in [0.29, 0.717) is 17.7 Å². The van der Waals surface area contributed by atoms with Crippen molar-refractivity contribution < 1.29 is 4.79 Å². The first-order valence-corrected chi connectivity index (χ1v) is 10.8. The minimum atomic E-state index is -0.214. The molecule has 0 unspecified atom stereocenters. The minimum absolute atomic E-state index is 0.214. The lowest BCUT2D eigenvalue weighted by molar-refractivity contribution is -0.115. The molecule has 0 aromatic carbocycles. The van der Waals surface area contributed by atoms with Gasteiger partial charge in [-0.15, -0.1) is 0 Å². The van der Waals surface area contributed by atoms with Gasteiger partial charge in [-0.3, -0.25) is 4.79 Å². The first-order valence-electron chi connectivity index (χ1n) is 10.8. The fourth-order valence-electron chi connectivity index (χ4n) is 3.95. The van der Waals surface area contributed by atoms with E-state index in [1.807, 2.05) is 31.2 Å². The summed E-state index contributed by atoms with van der Waals surface area (Å²) in [4.78, 5) is 12.2. The molecule has 0 aliphatic heterocycles. The molecule has 0 heterocycles. The first-order chi connectivity index (χ1) is 14.2. The largest absolute Gasteiger partial charge is 0.322 e. The minimum Gasteiger partial charge on any atom is -0.322 e. The van der Waals surface area contributed by atoms with Crippen molar-refractivity contribution in [3.05, 3.63) is 82.2 Å². The standard InChI is InChI=1S/C27H34N2O/c1-20(15-16-24-22(3)12-9-17-27(24,4)5)10-8-11-21(2)18-26(30)29-25-14-7-6-13-23(25)19-28/h7-8,10-11,14-16,18H,6,9,12-13,17H2,1-5H3,(H,29,30)/b11-8+,16-15+,20-10+,21-18+. The summed E-state index contributed by atoms with van der Waals surface area (Å²) in [6.07, 6.45) is 20.9. The van der Waals surface area contributed by atoms with Crippen LogP contribution in [0, 0.1) is 16.7 Å². The van der Waals surface area contributed by atoms with Gasteiger partial charge in [0.25, 0.3) is 0 Å². The molecule has 158 valence electrons. The number of nitriles is 1. The third-order valence-electron chi connectivity index (χ3n) is 5.70. The van der Waals surface area contributed by atoms with Crippen LogP contribution in [-0.4, -0.2) is 5.91 Å². The van der Waals surface area contributed by atoms with Crippen LogP contribution in [0.4, 0.5) is 0 Å². The van der Waals surface area contributed by atoms with E-state index < -0.39 is 0 Å². The van der Waals surface area contributed by atoms with E-state index in [2.05, 4.69) is 57.3 Å². The van der Waals surface area contributed by atoms with Crippen LogP contribution in [0.1, 0.15) is 66.7 Å². The summed E-state index contributed by atoms with van der Waals surface area (Å²) < 4.78 is 0. The Morgan fingerprint density at radius 2 is 1.97 bits per heavy atom. The lowest BCUT2D eigenvalue weighted by Crippen LogP contribution is -2.22. The van der Waals surface area contributed by atoms with Crippen LogP contribution < -0.4 is 5.32 Å². The molecular formula is C27H34N2O. The Morgan fingerprint density at radius 1 is 1.20 bits per heavy atom. The fraction of sp³-hybridized carbons (Fsp3) is 0.407. The molecule has 0 bridgehead atoms. The number of hydrogen-bond donors (Lipinski definition) is 1. The maximum atomic E-state index is 12.2. The Morgan fingerprint density at radius 3 is 2.67 bits per heavy atom. The summed E-state index contributed by atoms with van der Waals surface area (Å²) in [5, 5.41) is 12.0. The van der Waals surface area contributed by atoms with E-state index in [0.717, 1.165) is 12.0 Å². The van der Waals surface area contributed by atoms with Gasteiger partial charge in [0.15, 0.2) is 0 Å². The molecule has 0 radical (unpaired) electrons. The van der Waals surface area contributed by atoms with Crippen molar-refractivity contribution in [3.8, 4) is 6.07 Å². The number of nitrogens with zero attached hydrogens (tertiary/aromatic N) is 1. The van der Waals surface area contributed by atoms with Crippen LogP contribution in [0.2, 0.25) is 0 Å². The summed E-state index contributed by atoms with van der Waals surface area (Å²) in [7, 11) is 0. The quantitative estimate of drug-likeness (QED) is 0.394. The molecule has 0 saturated heterocycles. The maximum absolute atomic E-state index is 12.2. The van der Waals surface area contributed by atoms with Crippen molar-refractivity contribution in [2.45, 2.75) is 66.7 Å². The van der Waals surface area contributed by atoms with E-state index in [-0.39, 0.29) is 11.3 Å². The van der Waals surface area contributed by atoms with Gasteiger partial charge in [0, 0.05) is 6.08 Å². The van der Waals surface area contributed by atoms with Gasteiger partial charge in [-0.05, 0) is 75.5 Å².